The molecule has 104 valence electrons. The first kappa shape index (κ1) is 13.9. The molecule has 4 nitrogen and oxygen atoms in total. The van der Waals surface area contributed by atoms with Gasteiger partial charge in [-0.05, 0) is 18.2 Å². The predicted molar refractivity (Wildman–Crippen MR) is 59.4 cm³/mol. The summed E-state index contributed by atoms with van der Waals surface area (Å²) in [5.41, 5.74) is -1.90. The maximum absolute atomic E-state index is 12.9. The van der Waals surface area contributed by atoms with Gasteiger partial charge in [0.25, 0.3) is 0 Å². The zero-order valence-electron chi connectivity index (χ0n) is 9.65. The monoisotopic (exact) mass is 286 g/mol. The van der Waals surface area contributed by atoms with Gasteiger partial charge >= 0.3 is 12.1 Å². The summed E-state index contributed by atoms with van der Waals surface area (Å²) in [4.78, 5) is 17.7. The molecule has 0 aliphatic rings. The third kappa shape index (κ3) is 2.73. The summed E-state index contributed by atoms with van der Waals surface area (Å²) in [6.07, 6.45) is -3.01. The third-order valence-electron chi connectivity index (χ3n) is 2.43. The molecular weight excluding hydrogens is 280 g/mol. The summed E-state index contributed by atoms with van der Waals surface area (Å²) >= 11 is 0. The maximum atomic E-state index is 12.9. The topological polar surface area (TPSA) is 63.1 Å². The van der Waals surface area contributed by atoms with E-state index in [1.54, 1.807) is 0 Å². The SMILES string of the molecule is O=C(O)c1cnc(-c2ccc(F)cc2C(F)(F)F)nc1. The van der Waals surface area contributed by atoms with E-state index in [4.69, 9.17) is 5.11 Å². The second kappa shape index (κ2) is 4.87. The summed E-state index contributed by atoms with van der Waals surface area (Å²) < 4.78 is 51.4. The lowest BCUT2D eigenvalue weighted by molar-refractivity contribution is -0.137. The molecule has 0 radical (unpaired) electrons. The van der Waals surface area contributed by atoms with Crippen LogP contribution >= 0.6 is 0 Å². The number of carbonyl (C=O) groups is 1. The van der Waals surface area contributed by atoms with Crippen LogP contribution in [0.25, 0.3) is 11.4 Å². The molecule has 0 aliphatic heterocycles. The number of aromatic nitrogens is 2. The van der Waals surface area contributed by atoms with Crippen LogP contribution in [0.5, 0.6) is 0 Å². The Hall–Kier alpha value is -2.51. The zero-order chi connectivity index (χ0) is 14.9. The van der Waals surface area contributed by atoms with Crippen molar-refractivity contribution in [2.24, 2.45) is 0 Å². The highest BCUT2D eigenvalue weighted by Gasteiger charge is 2.34. The first-order chi connectivity index (χ1) is 9.29. The Bertz CT molecular complexity index is 653. The van der Waals surface area contributed by atoms with Crippen LogP contribution in [0.4, 0.5) is 17.6 Å². The van der Waals surface area contributed by atoms with E-state index in [0.29, 0.717) is 6.07 Å². The largest absolute Gasteiger partial charge is 0.478 e. The van der Waals surface area contributed by atoms with E-state index in [1.165, 1.54) is 0 Å². The van der Waals surface area contributed by atoms with Crippen molar-refractivity contribution in [2.75, 3.05) is 0 Å². The van der Waals surface area contributed by atoms with Gasteiger partial charge < -0.3 is 5.11 Å². The van der Waals surface area contributed by atoms with E-state index >= 15 is 0 Å². The second-order valence-electron chi connectivity index (χ2n) is 3.79. The van der Waals surface area contributed by atoms with Gasteiger partial charge in [0, 0.05) is 18.0 Å². The summed E-state index contributed by atoms with van der Waals surface area (Å²) in [6, 6.07) is 2.08. The van der Waals surface area contributed by atoms with Crippen molar-refractivity contribution in [1.82, 2.24) is 9.97 Å². The highest BCUT2D eigenvalue weighted by Crippen LogP contribution is 2.36. The molecule has 0 bridgehead atoms. The quantitative estimate of drug-likeness (QED) is 0.862. The molecule has 1 N–H and O–H groups in total. The van der Waals surface area contributed by atoms with Crippen molar-refractivity contribution in [1.29, 1.82) is 0 Å². The molecule has 0 saturated carbocycles. The highest BCUT2D eigenvalue weighted by atomic mass is 19.4. The third-order valence-corrected chi connectivity index (χ3v) is 2.43. The Morgan fingerprint density at radius 3 is 2.25 bits per heavy atom. The molecule has 1 aromatic carbocycles. The fraction of sp³-hybridized carbons (Fsp3) is 0.0833. The molecule has 1 heterocycles. The minimum atomic E-state index is -4.77. The molecule has 2 aromatic rings. The number of aromatic carboxylic acids is 1. The number of carboxylic acid groups (broad SMARTS) is 1. The van der Waals surface area contributed by atoms with Gasteiger partial charge in [0.1, 0.15) is 5.82 Å². The normalized spacial score (nSPS) is 11.4. The van der Waals surface area contributed by atoms with Gasteiger partial charge in [0.05, 0.1) is 11.1 Å². The molecule has 20 heavy (non-hydrogen) atoms. The minimum absolute atomic E-state index is 0.260. The average Bonchev–Trinajstić information content (AvgIpc) is 2.38. The Morgan fingerprint density at radius 1 is 1.15 bits per heavy atom. The maximum Gasteiger partial charge on any atom is 0.417 e. The highest BCUT2D eigenvalue weighted by molar-refractivity contribution is 5.86. The molecule has 2 rings (SSSR count). The van der Waals surface area contributed by atoms with Crippen LogP contribution in [0.2, 0.25) is 0 Å². The summed E-state index contributed by atoms with van der Waals surface area (Å²) in [5.74, 6) is -2.67. The zero-order valence-corrected chi connectivity index (χ0v) is 9.65. The lowest BCUT2D eigenvalue weighted by Crippen LogP contribution is -2.09. The fourth-order valence-corrected chi connectivity index (χ4v) is 1.52. The van der Waals surface area contributed by atoms with Crippen molar-refractivity contribution < 1.29 is 27.5 Å². The first-order valence-corrected chi connectivity index (χ1v) is 5.21. The molecular formula is C12H6F4N2O2. The fourth-order valence-electron chi connectivity index (χ4n) is 1.52. The molecule has 0 spiro atoms. The van der Waals surface area contributed by atoms with Crippen LogP contribution in [0.1, 0.15) is 15.9 Å². The van der Waals surface area contributed by atoms with Crippen molar-refractivity contribution in [3.63, 3.8) is 0 Å². The summed E-state index contributed by atoms with van der Waals surface area (Å²) in [6.45, 7) is 0. The van der Waals surface area contributed by atoms with Gasteiger partial charge in [-0.25, -0.2) is 19.2 Å². The number of hydrogen-bond acceptors (Lipinski definition) is 3. The van der Waals surface area contributed by atoms with Gasteiger partial charge in [0.15, 0.2) is 5.82 Å². The second-order valence-corrected chi connectivity index (χ2v) is 3.79. The Labute approximate surface area is 109 Å². The number of nitrogens with zero attached hydrogens (tertiary/aromatic N) is 2. The summed E-state index contributed by atoms with van der Waals surface area (Å²) in [5, 5.41) is 8.66. The van der Waals surface area contributed by atoms with Crippen LogP contribution < -0.4 is 0 Å². The van der Waals surface area contributed by atoms with Crippen LogP contribution in [-0.4, -0.2) is 21.0 Å². The Balaban J connectivity index is 2.55. The van der Waals surface area contributed by atoms with Gasteiger partial charge in [-0.1, -0.05) is 0 Å². The standard InChI is InChI=1S/C12H6F4N2O2/c13-7-1-2-8(9(3-7)12(14,15)16)10-17-4-6(5-18-10)11(19)20/h1-5H,(H,19,20). The number of alkyl halides is 3. The summed E-state index contributed by atoms with van der Waals surface area (Å²) in [7, 11) is 0. The van der Waals surface area contributed by atoms with E-state index in [0.717, 1.165) is 24.5 Å². The van der Waals surface area contributed by atoms with Crippen LogP contribution in [-0.2, 0) is 6.18 Å². The van der Waals surface area contributed by atoms with Crippen molar-refractivity contribution >= 4 is 5.97 Å². The lowest BCUT2D eigenvalue weighted by atomic mass is 10.1. The molecule has 8 heteroatoms. The molecule has 0 amide bonds. The number of hydrogen-bond donors (Lipinski definition) is 1. The van der Waals surface area contributed by atoms with E-state index < -0.39 is 29.1 Å². The van der Waals surface area contributed by atoms with Crippen molar-refractivity contribution in [3.8, 4) is 11.4 Å². The van der Waals surface area contributed by atoms with Crippen LogP contribution in [0, 0.1) is 5.82 Å². The van der Waals surface area contributed by atoms with Gasteiger partial charge in [-0.15, -0.1) is 0 Å². The van der Waals surface area contributed by atoms with Gasteiger partial charge in [-0.3, -0.25) is 0 Å². The molecule has 0 aliphatic carbocycles. The van der Waals surface area contributed by atoms with E-state index in [1.807, 2.05) is 0 Å². The number of benzene rings is 1. The van der Waals surface area contributed by atoms with Crippen molar-refractivity contribution in [2.45, 2.75) is 6.18 Å². The van der Waals surface area contributed by atoms with E-state index in [-0.39, 0.29) is 11.4 Å². The number of rotatable bonds is 2. The molecule has 0 saturated heterocycles. The lowest BCUT2D eigenvalue weighted by Gasteiger charge is -2.11. The Morgan fingerprint density at radius 2 is 1.75 bits per heavy atom. The van der Waals surface area contributed by atoms with Gasteiger partial charge in [0.2, 0.25) is 0 Å². The first-order valence-electron chi connectivity index (χ1n) is 5.21. The molecule has 0 atom stereocenters. The van der Waals surface area contributed by atoms with Crippen LogP contribution in [0.3, 0.4) is 0 Å². The van der Waals surface area contributed by atoms with E-state index in [9.17, 15) is 22.4 Å². The smallest absolute Gasteiger partial charge is 0.417 e. The minimum Gasteiger partial charge on any atom is -0.478 e. The predicted octanol–water partition coefficient (Wildman–Crippen LogP) is 3.00. The Kier molecular flexibility index (Phi) is 3.39. The molecule has 1 aromatic heterocycles. The number of carboxylic acids is 1. The van der Waals surface area contributed by atoms with Gasteiger partial charge in [-0.2, -0.15) is 13.2 Å². The molecule has 0 fully saturated rings. The molecule has 0 unspecified atom stereocenters. The van der Waals surface area contributed by atoms with Crippen LogP contribution in [0.15, 0.2) is 30.6 Å². The van der Waals surface area contributed by atoms with E-state index in [2.05, 4.69) is 9.97 Å². The van der Waals surface area contributed by atoms with Crippen molar-refractivity contribution in [3.05, 3.63) is 47.5 Å². The average molecular weight is 286 g/mol. The number of halogens is 4.